The molecule has 0 radical (unpaired) electrons. The second-order valence-electron chi connectivity index (χ2n) is 7.50. The smallest absolute Gasteiger partial charge is 0.167 e. The topological polar surface area (TPSA) is 97.3 Å². The highest BCUT2D eigenvalue weighted by molar-refractivity contribution is 6.13. The number of nitrogens with two attached hydrogens (primary N) is 1. The molecule has 2 aromatic rings. The zero-order chi connectivity index (χ0) is 19.8. The molecule has 3 N–H and O–H groups in total. The van der Waals surface area contributed by atoms with Crippen LogP contribution in [-0.2, 0) is 4.74 Å². The van der Waals surface area contributed by atoms with E-state index in [0.717, 1.165) is 18.7 Å². The molecule has 28 heavy (non-hydrogen) atoms. The van der Waals surface area contributed by atoms with Crippen molar-refractivity contribution in [1.82, 2.24) is 9.97 Å². The number of halogens is 1. The Kier molecular flexibility index (Phi) is 4.89. The van der Waals surface area contributed by atoms with Crippen LogP contribution < -0.4 is 15.4 Å². The fourth-order valence-corrected chi connectivity index (χ4v) is 3.90. The van der Waals surface area contributed by atoms with Crippen LogP contribution in [0.5, 0.6) is 5.75 Å². The monoisotopic (exact) mass is 385 g/mol. The molecule has 2 unspecified atom stereocenters. The van der Waals surface area contributed by atoms with Crippen LogP contribution in [0.1, 0.15) is 37.9 Å². The number of nitrogens with one attached hydrogen (secondary N) is 1. The average molecular weight is 385 g/mol. The summed E-state index contributed by atoms with van der Waals surface area (Å²) in [6, 6.07) is 5.05. The first-order chi connectivity index (χ1) is 13.4. The zero-order valence-electron chi connectivity index (χ0n) is 16.0. The van der Waals surface area contributed by atoms with Crippen LogP contribution in [0.4, 0.5) is 15.9 Å². The predicted molar refractivity (Wildman–Crippen MR) is 105 cm³/mol. The molecule has 0 saturated carbocycles. The molecule has 3 heterocycles. The van der Waals surface area contributed by atoms with Gasteiger partial charge in [-0.25, -0.2) is 14.4 Å². The highest BCUT2D eigenvalue weighted by Gasteiger charge is 2.38. The van der Waals surface area contributed by atoms with Crippen LogP contribution in [0.2, 0.25) is 0 Å². The summed E-state index contributed by atoms with van der Waals surface area (Å²) in [5, 5.41) is 8.60. The maximum absolute atomic E-state index is 14.1. The maximum Gasteiger partial charge on any atom is 0.167 e. The molecule has 0 spiro atoms. The van der Waals surface area contributed by atoms with Crippen LogP contribution in [0, 0.1) is 11.2 Å². The normalized spacial score (nSPS) is 21.2. The zero-order valence-corrected chi connectivity index (χ0v) is 16.0. The van der Waals surface area contributed by atoms with Gasteiger partial charge in [0, 0.05) is 23.4 Å². The molecule has 2 atom stereocenters. The molecular weight excluding hydrogens is 361 g/mol. The van der Waals surface area contributed by atoms with E-state index in [2.05, 4.69) is 14.9 Å². The van der Waals surface area contributed by atoms with Crippen LogP contribution in [0.15, 0.2) is 24.5 Å². The number of morpholine rings is 1. The number of hydrogen-bond donors (Lipinski definition) is 2. The molecule has 148 valence electrons. The average Bonchev–Trinajstić information content (AvgIpc) is 2.92. The van der Waals surface area contributed by atoms with E-state index in [-0.39, 0.29) is 23.3 Å². The van der Waals surface area contributed by atoms with Crippen molar-refractivity contribution in [2.75, 3.05) is 23.8 Å². The molecule has 2 aliphatic heterocycles. The van der Waals surface area contributed by atoms with E-state index in [1.54, 1.807) is 6.07 Å². The molecule has 2 aliphatic rings. The van der Waals surface area contributed by atoms with E-state index in [1.807, 2.05) is 13.8 Å². The first-order valence-corrected chi connectivity index (χ1v) is 9.47. The van der Waals surface area contributed by atoms with Gasteiger partial charge in [0.2, 0.25) is 0 Å². The van der Waals surface area contributed by atoms with E-state index in [1.165, 1.54) is 18.5 Å². The van der Waals surface area contributed by atoms with Crippen molar-refractivity contribution in [3.63, 3.8) is 0 Å². The Labute approximate surface area is 163 Å². The summed E-state index contributed by atoms with van der Waals surface area (Å²) in [5.74, 6) is 0.311. The second kappa shape index (κ2) is 7.35. The standard InChI is InChI=1S/C20H24FN5O2/c1-11(2)28-18-5-14(16(22)6-15(18)21)20(23)17-7-19(25-10-24-17)26-12-3-4-13(26)9-27-8-12/h5-7,10-13,23H,3-4,8-9,22H2,1-2H3. The van der Waals surface area contributed by atoms with Crippen LogP contribution in [0.25, 0.3) is 0 Å². The van der Waals surface area contributed by atoms with Gasteiger partial charge in [-0.3, -0.25) is 5.41 Å². The number of nitrogen functional groups attached to an aromatic ring is 1. The quantitative estimate of drug-likeness (QED) is 0.607. The first-order valence-electron chi connectivity index (χ1n) is 9.47. The Balaban J connectivity index is 1.66. The molecule has 8 heteroatoms. The lowest BCUT2D eigenvalue weighted by Crippen LogP contribution is -2.46. The Morgan fingerprint density at radius 1 is 1.25 bits per heavy atom. The van der Waals surface area contributed by atoms with Gasteiger partial charge in [-0.2, -0.15) is 0 Å². The molecule has 4 rings (SSSR count). The number of fused-ring (bicyclic) bond motifs is 2. The molecule has 2 saturated heterocycles. The van der Waals surface area contributed by atoms with Gasteiger partial charge in [-0.1, -0.05) is 0 Å². The highest BCUT2D eigenvalue weighted by atomic mass is 19.1. The van der Waals surface area contributed by atoms with E-state index in [9.17, 15) is 4.39 Å². The lowest BCUT2D eigenvalue weighted by atomic mass is 10.0. The van der Waals surface area contributed by atoms with Crippen molar-refractivity contribution in [2.24, 2.45) is 0 Å². The van der Waals surface area contributed by atoms with Crippen LogP contribution in [0.3, 0.4) is 0 Å². The molecule has 2 fully saturated rings. The lowest BCUT2D eigenvalue weighted by molar-refractivity contribution is 0.0902. The number of hydrogen-bond acceptors (Lipinski definition) is 7. The first kappa shape index (κ1) is 18.6. The third-order valence-electron chi connectivity index (χ3n) is 5.15. The number of benzene rings is 1. The van der Waals surface area contributed by atoms with Crippen molar-refractivity contribution < 1.29 is 13.9 Å². The van der Waals surface area contributed by atoms with Gasteiger partial charge in [-0.05, 0) is 32.8 Å². The predicted octanol–water partition coefficient (Wildman–Crippen LogP) is 2.77. The van der Waals surface area contributed by atoms with E-state index in [4.69, 9.17) is 20.6 Å². The van der Waals surface area contributed by atoms with E-state index in [0.29, 0.717) is 36.6 Å². The van der Waals surface area contributed by atoms with Gasteiger partial charge in [0.1, 0.15) is 12.1 Å². The summed E-state index contributed by atoms with van der Waals surface area (Å²) in [7, 11) is 0. The van der Waals surface area contributed by atoms with Gasteiger partial charge < -0.3 is 20.1 Å². The van der Waals surface area contributed by atoms with Crippen molar-refractivity contribution in [3.05, 3.63) is 41.6 Å². The van der Waals surface area contributed by atoms with Crippen molar-refractivity contribution in [1.29, 1.82) is 5.41 Å². The number of ether oxygens (including phenoxy) is 2. The third kappa shape index (κ3) is 3.40. The Hall–Kier alpha value is -2.74. The number of anilines is 2. The summed E-state index contributed by atoms with van der Waals surface area (Å²) < 4.78 is 25.3. The molecule has 1 aromatic carbocycles. The van der Waals surface area contributed by atoms with Crippen LogP contribution in [-0.4, -0.2) is 47.1 Å². The molecule has 0 amide bonds. The molecule has 2 bridgehead atoms. The largest absolute Gasteiger partial charge is 0.488 e. The summed E-state index contributed by atoms with van der Waals surface area (Å²) in [6.45, 7) is 5.00. The minimum atomic E-state index is -0.545. The van der Waals surface area contributed by atoms with Gasteiger partial charge in [-0.15, -0.1) is 0 Å². The van der Waals surface area contributed by atoms with Crippen molar-refractivity contribution in [3.8, 4) is 5.75 Å². The fourth-order valence-electron chi connectivity index (χ4n) is 3.90. The number of rotatable bonds is 5. The molecule has 0 aliphatic carbocycles. The number of nitrogens with zero attached hydrogens (tertiary/aromatic N) is 3. The van der Waals surface area contributed by atoms with Crippen LogP contribution >= 0.6 is 0 Å². The Bertz CT molecular complexity index is 888. The summed E-state index contributed by atoms with van der Waals surface area (Å²) >= 11 is 0. The van der Waals surface area contributed by atoms with Gasteiger partial charge in [0.25, 0.3) is 0 Å². The highest BCUT2D eigenvalue weighted by Crippen LogP contribution is 2.33. The van der Waals surface area contributed by atoms with Crippen molar-refractivity contribution >= 4 is 17.2 Å². The minimum Gasteiger partial charge on any atom is -0.488 e. The molecule has 1 aromatic heterocycles. The van der Waals surface area contributed by atoms with Crippen molar-refractivity contribution in [2.45, 2.75) is 44.9 Å². The van der Waals surface area contributed by atoms with E-state index < -0.39 is 5.82 Å². The second-order valence-corrected chi connectivity index (χ2v) is 7.50. The fraction of sp³-hybridized carbons (Fsp3) is 0.450. The third-order valence-corrected chi connectivity index (χ3v) is 5.15. The van der Waals surface area contributed by atoms with Gasteiger partial charge in [0.05, 0.1) is 42.8 Å². The van der Waals surface area contributed by atoms with Gasteiger partial charge >= 0.3 is 0 Å². The van der Waals surface area contributed by atoms with E-state index >= 15 is 0 Å². The lowest BCUT2D eigenvalue weighted by Gasteiger charge is -2.35. The Morgan fingerprint density at radius 3 is 2.64 bits per heavy atom. The summed E-state index contributed by atoms with van der Waals surface area (Å²) in [4.78, 5) is 10.9. The Morgan fingerprint density at radius 2 is 1.96 bits per heavy atom. The summed E-state index contributed by atoms with van der Waals surface area (Å²) in [6.07, 6.45) is 3.41. The minimum absolute atomic E-state index is 0.0736. The molecular formula is C20H24FN5O2. The SMILES string of the molecule is CC(C)Oc1cc(C(=N)c2cc(N3C4CCC3COC4)ncn2)c(N)cc1F. The van der Waals surface area contributed by atoms with Gasteiger partial charge in [0.15, 0.2) is 11.6 Å². The maximum atomic E-state index is 14.1. The number of aromatic nitrogens is 2. The summed E-state index contributed by atoms with van der Waals surface area (Å²) in [5.41, 5.74) is 7.08. The molecule has 7 nitrogen and oxygen atoms in total.